The predicted molar refractivity (Wildman–Crippen MR) is 156 cm³/mol. The largest absolute Gasteiger partial charge is 0.416 e. The van der Waals surface area contributed by atoms with E-state index in [0.717, 1.165) is 6.07 Å². The van der Waals surface area contributed by atoms with Gasteiger partial charge in [-0.1, -0.05) is 0 Å². The number of hydrogen-bond donors (Lipinski definition) is 3. The number of anilines is 3. The summed E-state index contributed by atoms with van der Waals surface area (Å²) in [5, 5.41) is 10.4. The second-order valence-electron chi connectivity index (χ2n) is 11.5. The van der Waals surface area contributed by atoms with Crippen molar-refractivity contribution >= 4 is 34.3 Å². The first-order valence-corrected chi connectivity index (χ1v) is 14.4. The molecule has 2 aromatic carbocycles. The number of nitrogens with one attached hydrogen (secondary N) is 2. The number of carbonyl (C=O) groups excluding carboxylic acids is 1. The predicted octanol–water partition coefficient (Wildman–Crippen LogP) is 6.09. The second-order valence-corrected chi connectivity index (χ2v) is 11.5. The Morgan fingerprint density at radius 1 is 1.16 bits per heavy atom. The molecule has 0 saturated carbocycles. The topological polar surface area (TPSA) is 114 Å². The van der Waals surface area contributed by atoms with Gasteiger partial charge in [0, 0.05) is 23.7 Å². The number of rotatable bonds is 5. The van der Waals surface area contributed by atoms with Gasteiger partial charge in [0.15, 0.2) is 5.65 Å². The first-order valence-electron chi connectivity index (χ1n) is 14.4. The maximum absolute atomic E-state index is 16.0. The molecular weight excluding hydrogens is 583 g/mol. The lowest BCUT2D eigenvalue weighted by Crippen LogP contribution is -2.34. The van der Waals surface area contributed by atoms with E-state index in [0.29, 0.717) is 43.0 Å². The van der Waals surface area contributed by atoms with E-state index in [1.54, 1.807) is 4.68 Å². The van der Waals surface area contributed by atoms with E-state index in [9.17, 15) is 18.0 Å². The van der Waals surface area contributed by atoms with Crippen LogP contribution in [0.3, 0.4) is 0 Å². The van der Waals surface area contributed by atoms with E-state index in [2.05, 4.69) is 25.7 Å². The van der Waals surface area contributed by atoms with Gasteiger partial charge < -0.3 is 16.4 Å². The molecule has 9 nitrogen and oxygen atoms in total. The van der Waals surface area contributed by atoms with Gasteiger partial charge in [-0.05, 0) is 88.4 Å². The van der Waals surface area contributed by atoms with Crippen molar-refractivity contribution in [1.29, 1.82) is 0 Å². The second kappa shape index (κ2) is 11.3. The zero-order chi connectivity index (χ0) is 31.3. The highest BCUT2D eigenvalue weighted by Gasteiger charge is 2.36. The van der Waals surface area contributed by atoms with Crippen LogP contribution < -0.4 is 21.3 Å². The number of halogens is 5. The lowest BCUT2D eigenvalue weighted by molar-refractivity contribution is -0.138. The molecule has 0 spiro atoms. The average molecular weight is 615 g/mol. The van der Waals surface area contributed by atoms with Crippen LogP contribution in [0, 0.1) is 17.6 Å². The Balaban J connectivity index is 1.29. The smallest absolute Gasteiger partial charge is 0.383 e. The molecule has 1 fully saturated rings. The van der Waals surface area contributed by atoms with Crippen LogP contribution in [0.4, 0.5) is 43.9 Å². The average Bonchev–Trinajstić information content (AvgIpc) is 3.58. The fourth-order valence-electron chi connectivity index (χ4n) is 6.11. The summed E-state index contributed by atoms with van der Waals surface area (Å²) in [6, 6.07) is 3.51. The van der Waals surface area contributed by atoms with Crippen LogP contribution in [-0.4, -0.2) is 45.4 Å². The van der Waals surface area contributed by atoms with E-state index < -0.39 is 35.1 Å². The van der Waals surface area contributed by atoms with E-state index in [-0.39, 0.29) is 65.2 Å². The number of piperidine rings is 1. The number of nitrogens with two attached hydrogens (primary N) is 1. The van der Waals surface area contributed by atoms with Crippen LogP contribution in [-0.2, 0) is 19.0 Å². The lowest BCUT2D eigenvalue weighted by atomic mass is 9.88. The summed E-state index contributed by atoms with van der Waals surface area (Å²) in [7, 11) is 0. The maximum Gasteiger partial charge on any atom is 0.416 e. The molecule has 6 rings (SSSR count). The number of fused-ring (bicyclic) bond motifs is 2. The molecule has 1 saturated heterocycles. The molecule has 2 aromatic heterocycles. The van der Waals surface area contributed by atoms with Crippen molar-refractivity contribution in [2.45, 2.75) is 51.7 Å². The molecule has 4 heterocycles. The molecule has 4 aromatic rings. The summed E-state index contributed by atoms with van der Waals surface area (Å²) >= 11 is 0. The van der Waals surface area contributed by atoms with Gasteiger partial charge in [0.05, 0.1) is 22.3 Å². The zero-order valence-corrected chi connectivity index (χ0v) is 24.1. The number of urea groups is 1. The Labute approximate surface area is 249 Å². The number of benzene rings is 2. The molecule has 0 bridgehead atoms. The standard InChI is InChI=1S/C30H31F5N8O/c1-15(2)43-28-24(27(36)38-14-39-28)26(41-43)19-3-4-23-18(25(19)32)7-10-42(23)29(44)40-22-13-20(30(33,34)35)17(12-21(22)31)11-16-5-8-37-9-6-16/h3-4,12-16,37H,5-11H2,1-2H3,(H,40,44)(H2,36,38,39). The third kappa shape index (κ3) is 5.31. The van der Waals surface area contributed by atoms with Crippen LogP contribution in [0.2, 0.25) is 0 Å². The number of amides is 2. The van der Waals surface area contributed by atoms with Gasteiger partial charge in [0.25, 0.3) is 0 Å². The first-order chi connectivity index (χ1) is 20.9. The Hall–Kier alpha value is -4.33. The molecule has 2 aliphatic rings. The Kier molecular flexibility index (Phi) is 7.64. The van der Waals surface area contributed by atoms with Gasteiger partial charge in [-0.3, -0.25) is 4.90 Å². The highest BCUT2D eigenvalue weighted by molar-refractivity contribution is 6.04. The van der Waals surface area contributed by atoms with Gasteiger partial charge in [0.1, 0.15) is 29.5 Å². The van der Waals surface area contributed by atoms with Gasteiger partial charge in [0.2, 0.25) is 0 Å². The van der Waals surface area contributed by atoms with Crippen LogP contribution in [0.5, 0.6) is 0 Å². The fourth-order valence-corrected chi connectivity index (χ4v) is 6.11. The molecule has 2 aliphatic heterocycles. The lowest BCUT2D eigenvalue weighted by Gasteiger charge is -2.25. The summed E-state index contributed by atoms with van der Waals surface area (Å²) in [6.45, 7) is 5.22. The van der Waals surface area contributed by atoms with E-state index >= 15 is 8.78 Å². The van der Waals surface area contributed by atoms with Crippen molar-refractivity contribution < 1.29 is 26.7 Å². The van der Waals surface area contributed by atoms with Crippen molar-refractivity contribution in [3.05, 3.63) is 58.9 Å². The number of hydrogen-bond acceptors (Lipinski definition) is 6. The van der Waals surface area contributed by atoms with Crippen molar-refractivity contribution in [3.63, 3.8) is 0 Å². The summed E-state index contributed by atoms with van der Waals surface area (Å²) < 4.78 is 74.8. The first kappa shape index (κ1) is 29.7. The minimum absolute atomic E-state index is 0.000770. The number of carbonyl (C=O) groups is 1. The minimum Gasteiger partial charge on any atom is -0.383 e. The molecule has 14 heteroatoms. The van der Waals surface area contributed by atoms with Gasteiger partial charge in [-0.2, -0.15) is 18.3 Å². The minimum atomic E-state index is -4.74. The quantitative estimate of drug-likeness (QED) is 0.235. The fraction of sp³-hybridized carbons (Fsp3) is 0.400. The van der Waals surface area contributed by atoms with Crippen molar-refractivity contribution in [2.24, 2.45) is 5.92 Å². The van der Waals surface area contributed by atoms with Gasteiger partial charge in [-0.25, -0.2) is 28.2 Å². The third-order valence-electron chi connectivity index (χ3n) is 8.31. The number of aromatic nitrogens is 4. The van der Waals surface area contributed by atoms with Crippen LogP contribution >= 0.6 is 0 Å². The normalized spacial score (nSPS) is 15.8. The molecule has 0 atom stereocenters. The van der Waals surface area contributed by atoms with Gasteiger partial charge >= 0.3 is 12.2 Å². The molecule has 44 heavy (non-hydrogen) atoms. The Morgan fingerprint density at radius 3 is 2.61 bits per heavy atom. The molecule has 0 aliphatic carbocycles. The summed E-state index contributed by atoms with van der Waals surface area (Å²) in [5.74, 6) is -1.45. The van der Waals surface area contributed by atoms with Crippen molar-refractivity contribution in [3.8, 4) is 11.3 Å². The number of nitrogens with zero attached hydrogens (tertiary/aromatic N) is 5. The highest BCUT2D eigenvalue weighted by Crippen LogP contribution is 2.40. The summed E-state index contributed by atoms with van der Waals surface area (Å²) in [6.07, 6.45) is -1.83. The molecule has 2 amide bonds. The van der Waals surface area contributed by atoms with Crippen LogP contribution in [0.1, 0.15) is 49.4 Å². The number of nitrogen functional groups attached to an aromatic ring is 1. The summed E-state index contributed by atoms with van der Waals surface area (Å²) in [5.41, 5.74) is 5.68. The molecule has 0 unspecified atom stereocenters. The van der Waals surface area contributed by atoms with E-state index in [1.165, 1.54) is 23.4 Å². The van der Waals surface area contributed by atoms with Crippen molar-refractivity contribution in [1.82, 2.24) is 25.1 Å². The maximum atomic E-state index is 16.0. The Morgan fingerprint density at radius 2 is 1.91 bits per heavy atom. The van der Waals surface area contributed by atoms with Gasteiger partial charge in [-0.15, -0.1) is 0 Å². The molecular formula is C30H31F5N8O. The highest BCUT2D eigenvalue weighted by atomic mass is 19.4. The van der Waals surface area contributed by atoms with E-state index in [1.807, 2.05) is 13.8 Å². The van der Waals surface area contributed by atoms with Crippen LogP contribution in [0.25, 0.3) is 22.3 Å². The zero-order valence-electron chi connectivity index (χ0n) is 24.1. The molecule has 0 radical (unpaired) electrons. The van der Waals surface area contributed by atoms with E-state index in [4.69, 9.17) is 5.73 Å². The SMILES string of the molecule is CC(C)n1nc(-c2ccc3c(c2F)CCN3C(=O)Nc2cc(C(F)(F)F)c(CC3CCNCC3)cc2F)c2c(N)ncnc21. The number of alkyl halides is 3. The molecule has 232 valence electrons. The van der Waals surface area contributed by atoms with Crippen LogP contribution in [0.15, 0.2) is 30.6 Å². The van der Waals surface area contributed by atoms with Crippen molar-refractivity contribution in [2.75, 3.05) is 35.6 Å². The monoisotopic (exact) mass is 614 g/mol. The molecule has 4 N–H and O–H groups in total. The summed E-state index contributed by atoms with van der Waals surface area (Å²) in [4.78, 5) is 22.7. The third-order valence-corrected chi connectivity index (χ3v) is 8.31. The Bertz CT molecular complexity index is 1750.